The van der Waals surface area contributed by atoms with Crippen LogP contribution < -0.4 is 0 Å². The van der Waals surface area contributed by atoms with Gasteiger partial charge in [-0.15, -0.1) is 0 Å². The van der Waals surface area contributed by atoms with Gasteiger partial charge in [0.25, 0.3) is 0 Å². The molecule has 3 heterocycles. The second-order valence-corrected chi connectivity index (χ2v) is 11.5. The molecule has 162 valence electrons. The number of aromatic hydroxyl groups is 1. The zero-order valence-corrected chi connectivity index (χ0v) is 19.2. The van der Waals surface area contributed by atoms with Gasteiger partial charge in [0.15, 0.2) is 0 Å². The Morgan fingerprint density at radius 1 is 1.03 bits per heavy atom. The van der Waals surface area contributed by atoms with Gasteiger partial charge in [-0.1, -0.05) is 53.7 Å². The van der Waals surface area contributed by atoms with Gasteiger partial charge < -0.3 is 23.4 Å². The molecule has 0 aromatic heterocycles. The summed E-state index contributed by atoms with van der Waals surface area (Å²) in [6, 6.07) is 4.02. The molecule has 3 aliphatic rings. The third-order valence-corrected chi connectivity index (χ3v) is 6.39. The van der Waals surface area contributed by atoms with E-state index in [0.29, 0.717) is 32.0 Å². The van der Waals surface area contributed by atoms with Gasteiger partial charge >= 0.3 is 14.6 Å². The van der Waals surface area contributed by atoms with Crippen LogP contribution in [0.25, 0.3) is 0 Å². The highest BCUT2D eigenvalue weighted by Gasteiger charge is 2.45. The molecule has 0 spiro atoms. The third kappa shape index (κ3) is 5.29. The van der Waals surface area contributed by atoms with E-state index in [1.807, 2.05) is 12.1 Å². The summed E-state index contributed by atoms with van der Waals surface area (Å²) in [5.41, 5.74) is 2.06. The van der Waals surface area contributed by atoms with Crippen molar-refractivity contribution >= 4 is 14.6 Å². The van der Waals surface area contributed by atoms with Gasteiger partial charge in [-0.05, 0) is 33.9 Å². The van der Waals surface area contributed by atoms with E-state index in [9.17, 15) is 9.90 Å². The van der Waals surface area contributed by atoms with Gasteiger partial charge in [0, 0.05) is 6.42 Å². The summed E-state index contributed by atoms with van der Waals surface area (Å²) in [6.45, 7) is 14.3. The van der Waals surface area contributed by atoms with E-state index in [4.69, 9.17) is 18.3 Å². The minimum absolute atomic E-state index is 0.193. The van der Waals surface area contributed by atoms with Crippen LogP contribution in [0.15, 0.2) is 12.1 Å². The fourth-order valence-corrected chi connectivity index (χ4v) is 4.83. The fourth-order valence-electron chi connectivity index (χ4n) is 3.46. The van der Waals surface area contributed by atoms with Crippen LogP contribution in [-0.2, 0) is 40.4 Å². The quantitative estimate of drug-likeness (QED) is 0.543. The number of ether oxygens (including phenoxy) is 1. The Hall–Kier alpha value is -1.20. The molecule has 4 rings (SSSR count). The molecule has 1 aromatic carbocycles. The Morgan fingerprint density at radius 2 is 1.52 bits per heavy atom. The number of fused-ring (bicyclic) bond motifs is 3. The fraction of sp³-hybridized carbons (Fsp3) is 0.682. The molecular formula is C22H33O6P. The Kier molecular flexibility index (Phi) is 6.31. The molecule has 2 bridgehead atoms. The molecule has 0 aliphatic carbocycles. The van der Waals surface area contributed by atoms with E-state index < -0.39 is 8.60 Å². The number of esters is 1. The van der Waals surface area contributed by atoms with E-state index in [-0.39, 0.29) is 35.2 Å². The topological polar surface area (TPSA) is 74.2 Å². The Bertz CT molecular complexity index is 705. The molecule has 3 aliphatic heterocycles. The molecule has 0 amide bonds. The van der Waals surface area contributed by atoms with Crippen LogP contribution in [0.1, 0.15) is 64.7 Å². The van der Waals surface area contributed by atoms with E-state index in [1.54, 1.807) is 0 Å². The first-order valence-corrected chi connectivity index (χ1v) is 11.2. The Labute approximate surface area is 174 Å². The summed E-state index contributed by atoms with van der Waals surface area (Å²) >= 11 is 0. The highest BCUT2D eigenvalue weighted by atomic mass is 31.2. The van der Waals surface area contributed by atoms with Crippen molar-refractivity contribution in [3.63, 3.8) is 0 Å². The first kappa shape index (κ1) is 22.5. The number of hydrogen-bond acceptors (Lipinski definition) is 6. The maximum Gasteiger partial charge on any atom is 0.332 e. The van der Waals surface area contributed by atoms with Crippen LogP contribution >= 0.6 is 8.60 Å². The molecule has 1 aromatic rings. The molecule has 3 fully saturated rings. The second-order valence-electron chi connectivity index (χ2n) is 10.2. The van der Waals surface area contributed by atoms with Crippen molar-refractivity contribution in [3.8, 4) is 5.75 Å². The Morgan fingerprint density at radius 3 is 1.97 bits per heavy atom. The SMILES string of the molecule is CC(C)(C)c1cc(CCC(=O)OCC23COP(OC2)OC3)cc(C(C)(C)C)c1O. The maximum atomic E-state index is 12.4. The molecule has 7 heteroatoms. The van der Waals surface area contributed by atoms with Gasteiger partial charge in [-0.25, -0.2) is 0 Å². The van der Waals surface area contributed by atoms with Crippen LogP contribution in [0.5, 0.6) is 5.75 Å². The standard InChI is InChI=1S/C22H33O6P/c1-20(2,3)16-9-15(10-17(19(16)24)21(4,5)6)7-8-18(23)25-11-22-12-26-29(27-13-22)28-14-22/h9-10,24H,7-8,11-14H2,1-6H3. The highest BCUT2D eigenvalue weighted by molar-refractivity contribution is 7.41. The second kappa shape index (κ2) is 8.14. The van der Waals surface area contributed by atoms with Gasteiger partial charge in [0.05, 0.1) is 25.2 Å². The van der Waals surface area contributed by atoms with Crippen molar-refractivity contribution in [1.82, 2.24) is 0 Å². The van der Waals surface area contributed by atoms with Crippen molar-refractivity contribution < 1.29 is 28.2 Å². The lowest BCUT2D eigenvalue weighted by molar-refractivity contribution is -0.157. The first-order chi connectivity index (χ1) is 13.4. The van der Waals surface area contributed by atoms with Crippen molar-refractivity contribution in [2.24, 2.45) is 5.41 Å². The molecule has 6 nitrogen and oxygen atoms in total. The number of rotatable bonds is 5. The minimum atomic E-state index is -1.19. The monoisotopic (exact) mass is 424 g/mol. The lowest BCUT2D eigenvalue weighted by Crippen LogP contribution is -2.47. The largest absolute Gasteiger partial charge is 0.507 e. The van der Waals surface area contributed by atoms with Crippen LogP contribution in [0.2, 0.25) is 0 Å². The predicted octanol–water partition coefficient (Wildman–Crippen LogP) is 4.75. The number of hydrogen-bond donors (Lipinski definition) is 1. The average molecular weight is 424 g/mol. The number of benzene rings is 1. The molecule has 0 atom stereocenters. The van der Waals surface area contributed by atoms with E-state index in [0.717, 1.165) is 16.7 Å². The molecule has 1 N–H and O–H groups in total. The molecule has 0 radical (unpaired) electrons. The van der Waals surface area contributed by atoms with Gasteiger partial charge in [-0.3, -0.25) is 4.79 Å². The van der Waals surface area contributed by atoms with Gasteiger partial charge in [0.1, 0.15) is 12.4 Å². The van der Waals surface area contributed by atoms with Crippen LogP contribution in [-0.4, -0.2) is 37.5 Å². The zero-order valence-electron chi connectivity index (χ0n) is 18.3. The number of phenols is 1. The van der Waals surface area contributed by atoms with Crippen LogP contribution in [0.4, 0.5) is 0 Å². The minimum Gasteiger partial charge on any atom is -0.507 e. The summed E-state index contributed by atoms with van der Waals surface area (Å²) in [4.78, 5) is 12.4. The molecule has 0 unspecified atom stereocenters. The summed E-state index contributed by atoms with van der Waals surface area (Å²) in [5.74, 6) is 0.102. The number of phenolic OH excluding ortho intramolecular Hbond substituents is 1. The summed E-state index contributed by atoms with van der Waals surface area (Å²) in [6.07, 6.45) is 0.844. The van der Waals surface area contributed by atoms with Crippen LogP contribution in [0, 0.1) is 5.41 Å². The third-order valence-electron chi connectivity index (χ3n) is 5.37. The first-order valence-electron chi connectivity index (χ1n) is 10.1. The number of carbonyl (C=O) groups excluding carboxylic acids is 1. The average Bonchev–Trinajstić information content (AvgIpc) is 2.65. The lowest BCUT2D eigenvalue weighted by Gasteiger charge is -2.43. The van der Waals surface area contributed by atoms with E-state index in [2.05, 4.69) is 41.5 Å². The maximum absolute atomic E-state index is 12.4. The van der Waals surface area contributed by atoms with Gasteiger partial charge in [-0.2, -0.15) is 0 Å². The molecule has 0 saturated carbocycles. The normalized spacial score (nSPS) is 24.6. The molecule has 3 saturated heterocycles. The predicted molar refractivity (Wildman–Crippen MR) is 112 cm³/mol. The van der Waals surface area contributed by atoms with Crippen LogP contribution in [0.3, 0.4) is 0 Å². The van der Waals surface area contributed by atoms with Crippen molar-refractivity contribution in [3.05, 3.63) is 28.8 Å². The summed E-state index contributed by atoms with van der Waals surface area (Å²) < 4.78 is 21.9. The zero-order chi connectivity index (χ0) is 21.4. The summed E-state index contributed by atoms with van der Waals surface area (Å²) in [5, 5.41) is 10.8. The van der Waals surface area contributed by atoms with E-state index >= 15 is 0 Å². The molecule has 29 heavy (non-hydrogen) atoms. The number of aryl methyl sites for hydroxylation is 1. The van der Waals surface area contributed by atoms with E-state index in [1.165, 1.54) is 0 Å². The van der Waals surface area contributed by atoms with Gasteiger partial charge in [0.2, 0.25) is 0 Å². The highest BCUT2D eigenvalue weighted by Crippen LogP contribution is 2.53. The molecular weight excluding hydrogens is 391 g/mol. The van der Waals surface area contributed by atoms with Crippen molar-refractivity contribution in [2.45, 2.75) is 65.2 Å². The smallest absolute Gasteiger partial charge is 0.332 e. The van der Waals surface area contributed by atoms with Crippen molar-refractivity contribution in [2.75, 3.05) is 26.4 Å². The van der Waals surface area contributed by atoms with Crippen molar-refractivity contribution in [1.29, 1.82) is 0 Å². The number of carbonyl (C=O) groups is 1. The summed E-state index contributed by atoms with van der Waals surface area (Å²) in [7, 11) is -1.19. The Balaban J connectivity index is 1.65. The lowest BCUT2D eigenvalue weighted by atomic mass is 9.78.